The van der Waals surface area contributed by atoms with Crippen LogP contribution in [0.2, 0.25) is 0 Å². The smallest absolute Gasteiger partial charge is 0.293 e. The molecular weight excluding hydrogens is 366 g/mol. The Bertz CT molecular complexity index is 964. The molecule has 2 heterocycles. The van der Waals surface area contributed by atoms with Crippen molar-refractivity contribution in [2.75, 3.05) is 31.1 Å². The van der Waals surface area contributed by atoms with E-state index in [0.29, 0.717) is 13.1 Å². The van der Waals surface area contributed by atoms with Crippen LogP contribution in [0.5, 0.6) is 0 Å². The molecule has 29 heavy (non-hydrogen) atoms. The largest absolute Gasteiger partial charge is 0.386 e. The van der Waals surface area contributed by atoms with Crippen LogP contribution in [0.1, 0.15) is 27.8 Å². The molecule has 4 rings (SSSR count). The van der Waals surface area contributed by atoms with Gasteiger partial charge in [0.25, 0.3) is 5.91 Å². The lowest BCUT2D eigenvalue weighted by atomic mass is 10.1. The average molecular weight is 391 g/mol. The predicted molar refractivity (Wildman–Crippen MR) is 111 cm³/mol. The van der Waals surface area contributed by atoms with E-state index >= 15 is 0 Å². The number of nitrogens with zero attached hydrogens (tertiary/aromatic N) is 5. The number of carbonyl (C=O) groups is 1. The molecule has 1 atom stereocenters. The number of rotatable bonds is 5. The molecule has 150 valence electrons. The highest BCUT2D eigenvalue weighted by Gasteiger charge is 2.25. The first-order chi connectivity index (χ1) is 14.1. The van der Waals surface area contributed by atoms with Crippen LogP contribution in [0, 0.1) is 6.92 Å². The second-order valence-corrected chi connectivity index (χ2v) is 7.28. The maximum absolute atomic E-state index is 12.8. The number of benzene rings is 2. The fraction of sp³-hybridized carbons (Fsp3) is 0.318. The standard InChI is InChI=1S/C22H25N5O2/c1-17-7-5-6-10-19(17)25-11-13-26(14-12-25)22(29)21-23-16-27(24-21)15-20(28)18-8-3-2-4-9-18/h2-10,16,20,28H,11-15H2,1H3/t20-/m1/s1. The lowest BCUT2D eigenvalue weighted by molar-refractivity contribution is 0.0733. The number of carbonyl (C=O) groups excluding carboxylic acids is 1. The maximum Gasteiger partial charge on any atom is 0.293 e. The molecular formula is C22H25N5O2. The van der Waals surface area contributed by atoms with Gasteiger partial charge in [0.05, 0.1) is 12.6 Å². The van der Waals surface area contributed by atoms with Crippen LogP contribution in [-0.4, -0.2) is 56.9 Å². The molecule has 0 unspecified atom stereocenters. The molecule has 1 aliphatic heterocycles. The summed E-state index contributed by atoms with van der Waals surface area (Å²) in [4.78, 5) is 21.1. The molecule has 1 fully saturated rings. The summed E-state index contributed by atoms with van der Waals surface area (Å²) in [5.41, 5.74) is 3.27. The van der Waals surface area contributed by atoms with Crippen LogP contribution < -0.4 is 4.90 Å². The molecule has 0 spiro atoms. The second-order valence-electron chi connectivity index (χ2n) is 7.28. The molecule has 7 heteroatoms. The molecule has 1 aromatic heterocycles. The highest BCUT2D eigenvalue weighted by molar-refractivity contribution is 5.90. The molecule has 3 aromatic rings. The van der Waals surface area contributed by atoms with Crippen molar-refractivity contribution in [2.45, 2.75) is 19.6 Å². The summed E-state index contributed by atoms with van der Waals surface area (Å²) in [6, 6.07) is 17.7. The molecule has 0 aliphatic carbocycles. The van der Waals surface area contributed by atoms with Gasteiger partial charge in [0, 0.05) is 31.9 Å². The summed E-state index contributed by atoms with van der Waals surface area (Å²) in [5, 5.41) is 14.6. The van der Waals surface area contributed by atoms with Crippen LogP contribution in [0.25, 0.3) is 0 Å². The Kier molecular flexibility index (Phi) is 5.57. The minimum atomic E-state index is -0.696. The van der Waals surface area contributed by atoms with Gasteiger partial charge in [0.15, 0.2) is 0 Å². The number of para-hydroxylation sites is 1. The third-order valence-corrected chi connectivity index (χ3v) is 5.30. The second kappa shape index (κ2) is 8.45. The highest BCUT2D eigenvalue weighted by atomic mass is 16.3. The zero-order valence-electron chi connectivity index (χ0n) is 16.5. The summed E-state index contributed by atoms with van der Waals surface area (Å²) in [6.07, 6.45) is 0.807. The predicted octanol–water partition coefficient (Wildman–Crippen LogP) is 2.28. The van der Waals surface area contributed by atoms with Crippen molar-refractivity contribution < 1.29 is 9.90 Å². The quantitative estimate of drug-likeness (QED) is 0.722. The molecule has 7 nitrogen and oxygen atoms in total. The van der Waals surface area contributed by atoms with E-state index in [-0.39, 0.29) is 18.3 Å². The Morgan fingerprint density at radius 2 is 1.72 bits per heavy atom. The van der Waals surface area contributed by atoms with E-state index < -0.39 is 6.10 Å². The molecule has 1 aliphatic rings. The van der Waals surface area contributed by atoms with Crippen molar-refractivity contribution in [3.8, 4) is 0 Å². The van der Waals surface area contributed by atoms with E-state index in [2.05, 4.69) is 34.0 Å². The van der Waals surface area contributed by atoms with Crippen LogP contribution >= 0.6 is 0 Å². The van der Waals surface area contributed by atoms with Gasteiger partial charge in [0.2, 0.25) is 5.82 Å². The zero-order valence-corrected chi connectivity index (χ0v) is 16.5. The van der Waals surface area contributed by atoms with Crippen molar-refractivity contribution >= 4 is 11.6 Å². The van der Waals surface area contributed by atoms with E-state index in [1.54, 1.807) is 4.90 Å². The molecule has 0 saturated carbocycles. The number of hydrogen-bond donors (Lipinski definition) is 1. The fourth-order valence-electron chi connectivity index (χ4n) is 3.65. The molecule has 1 saturated heterocycles. The zero-order chi connectivity index (χ0) is 20.2. The van der Waals surface area contributed by atoms with Gasteiger partial charge in [-0.05, 0) is 24.1 Å². The van der Waals surface area contributed by atoms with Gasteiger partial charge < -0.3 is 14.9 Å². The minimum Gasteiger partial charge on any atom is -0.386 e. The first-order valence-corrected chi connectivity index (χ1v) is 9.84. The van der Waals surface area contributed by atoms with Gasteiger partial charge in [-0.1, -0.05) is 48.5 Å². The maximum atomic E-state index is 12.8. The van der Waals surface area contributed by atoms with Crippen molar-refractivity contribution in [3.05, 3.63) is 77.9 Å². The lowest BCUT2D eigenvalue weighted by Crippen LogP contribution is -2.49. The van der Waals surface area contributed by atoms with E-state index in [9.17, 15) is 9.90 Å². The Labute approximate surface area is 170 Å². The van der Waals surface area contributed by atoms with E-state index in [1.165, 1.54) is 22.3 Å². The number of aromatic nitrogens is 3. The fourth-order valence-corrected chi connectivity index (χ4v) is 3.65. The summed E-state index contributed by atoms with van der Waals surface area (Å²) in [7, 11) is 0. The number of aliphatic hydroxyl groups excluding tert-OH is 1. The first kappa shape index (κ1) is 19.1. The number of aryl methyl sites for hydroxylation is 1. The summed E-state index contributed by atoms with van der Waals surface area (Å²) < 4.78 is 1.52. The van der Waals surface area contributed by atoms with Gasteiger partial charge in [-0.25, -0.2) is 9.67 Å². The molecule has 1 N–H and O–H groups in total. The normalized spacial score (nSPS) is 15.4. The first-order valence-electron chi connectivity index (χ1n) is 9.84. The van der Waals surface area contributed by atoms with Gasteiger partial charge >= 0.3 is 0 Å². The summed E-state index contributed by atoms with van der Waals surface area (Å²) in [5.74, 6) is 0.0111. The molecule has 1 amide bonds. The number of aliphatic hydroxyl groups is 1. The molecule has 2 aromatic carbocycles. The van der Waals surface area contributed by atoms with Crippen LogP contribution in [0.3, 0.4) is 0 Å². The molecule has 0 radical (unpaired) electrons. The number of piperazine rings is 1. The third kappa shape index (κ3) is 4.30. The lowest BCUT2D eigenvalue weighted by Gasteiger charge is -2.36. The Balaban J connectivity index is 1.35. The van der Waals surface area contributed by atoms with Gasteiger partial charge in [-0.2, -0.15) is 0 Å². The number of anilines is 1. The van der Waals surface area contributed by atoms with E-state index in [0.717, 1.165) is 18.7 Å². The van der Waals surface area contributed by atoms with Gasteiger partial charge in [0.1, 0.15) is 6.33 Å². The van der Waals surface area contributed by atoms with E-state index in [1.807, 2.05) is 42.5 Å². The highest BCUT2D eigenvalue weighted by Crippen LogP contribution is 2.21. The third-order valence-electron chi connectivity index (χ3n) is 5.30. The van der Waals surface area contributed by atoms with Crippen LogP contribution in [-0.2, 0) is 6.54 Å². The summed E-state index contributed by atoms with van der Waals surface area (Å²) in [6.45, 7) is 5.19. The van der Waals surface area contributed by atoms with E-state index in [4.69, 9.17) is 0 Å². The SMILES string of the molecule is Cc1ccccc1N1CCN(C(=O)c2ncn(C[C@@H](O)c3ccccc3)n2)CC1. The average Bonchev–Trinajstić information content (AvgIpc) is 3.23. The number of hydrogen-bond acceptors (Lipinski definition) is 5. The Morgan fingerprint density at radius 1 is 1.03 bits per heavy atom. The Hall–Kier alpha value is -3.19. The van der Waals surface area contributed by atoms with Crippen LogP contribution in [0.15, 0.2) is 60.9 Å². The molecule has 0 bridgehead atoms. The van der Waals surface area contributed by atoms with Crippen molar-refractivity contribution in [1.29, 1.82) is 0 Å². The topological polar surface area (TPSA) is 74.5 Å². The van der Waals surface area contributed by atoms with Crippen LogP contribution in [0.4, 0.5) is 5.69 Å². The van der Waals surface area contributed by atoms with Gasteiger partial charge in [-0.3, -0.25) is 4.79 Å². The van der Waals surface area contributed by atoms with Crippen molar-refractivity contribution in [1.82, 2.24) is 19.7 Å². The van der Waals surface area contributed by atoms with Gasteiger partial charge in [-0.15, -0.1) is 5.10 Å². The minimum absolute atomic E-state index is 0.164. The van der Waals surface area contributed by atoms with Crippen molar-refractivity contribution in [3.63, 3.8) is 0 Å². The summed E-state index contributed by atoms with van der Waals surface area (Å²) >= 11 is 0. The number of amides is 1. The van der Waals surface area contributed by atoms with Crippen molar-refractivity contribution in [2.24, 2.45) is 0 Å². The Morgan fingerprint density at radius 3 is 2.45 bits per heavy atom. The monoisotopic (exact) mass is 391 g/mol.